The maximum atomic E-state index is 11.6. The molecule has 1 atom stereocenters. The Morgan fingerprint density at radius 3 is 2.33 bits per heavy atom. The average Bonchev–Trinajstić information content (AvgIpc) is 2.20. The van der Waals surface area contributed by atoms with Gasteiger partial charge in [-0.15, -0.1) is 0 Å². The van der Waals surface area contributed by atoms with Crippen molar-refractivity contribution in [3.63, 3.8) is 0 Å². The molecular formula is C11H15ClN2O. The molecule has 4 heteroatoms. The van der Waals surface area contributed by atoms with Crippen molar-refractivity contribution in [1.82, 2.24) is 4.90 Å². The minimum absolute atomic E-state index is 0.0463. The van der Waals surface area contributed by atoms with Crippen LogP contribution in [0.25, 0.3) is 0 Å². The van der Waals surface area contributed by atoms with Crippen LogP contribution < -0.4 is 5.32 Å². The molecule has 1 aromatic rings. The minimum atomic E-state index is -0.235. The van der Waals surface area contributed by atoms with Gasteiger partial charge >= 0.3 is 0 Å². The van der Waals surface area contributed by atoms with Crippen molar-refractivity contribution in [2.24, 2.45) is 0 Å². The van der Waals surface area contributed by atoms with Crippen LogP contribution in [0, 0.1) is 0 Å². The molecule has 1 unspecified atom stereocenters. The van der Waals surface area contributed by atoms with Gasteiger partial charge in [0.25, 0.3) is 0 Å². The third-order valence-corrected chi connectivity index (χ3v) is 2.29. The molecule has 3 nitrogen and oxygen atoms in total. The molecule has 0 bridgehead atoms. The average molecular weight is 227 g/mol. The van der Waals surface area contributed by atoms with E-state index in [1.165, 1.54) is 0 Å². The van der Waals surface area contributed by atoms with E-state index in [-0.39, 0.29) is 11.9 Å². The summed E-state index contributed by atoms with van der Waals surface area (Å²) in [5.74, 6) is 0.0463. The van der Waals surface area contributed by atoms with Crippen LogP contribution in [-0.4, -0.2) is 30.9 Å². The Morgan fingerprint density at radius 2 is 1.87 bits per heavy atom. The summed E-state index contributed by atoms with van der Waals surface area (Å²) in [6, 6.07) is 7.04. The van der Waals surface area contributed by atoms with Gasteiger partial charge in [-0.05, 0) is 31.2 Å². The zero-order chi connectivity index (χ0) is 11.4. The van der Waals surface area contributed by atoms with Crippen LogP contribution in [0.2, 0.25) is 5.02 Å². The van der Waals surface area contributed by atoms with Crippen molar-refractivity contribution in [2.45, 2.75) is 13.0 Å². The third kappa shape index (κ3) is 3.44. The number of benzene rings is 1. The molecule has 0 saturated carbocycles. The van der Waals surface area contributed by atoms with Gasteiger partial charge in [-0.1, -0.05) is 11.6 Å². The molecule has 82 valence electrons. The van der Waals surface area contributed by atoms with Gasteiger partial charge in [0.15, 0.2) is 0 Å². The lowest BCUT2D eigenvalue weighted by Crippen LogP contribution is -2.36. The van der Waals surface area contributed by atoms with E-state index in [1.807, 2.05) is 19.1 Å². The fourth-order valence-corrected chi connectivity index (χ4v) is 1.37. The van der Waals surface area contributed by atoms with Crippen LogP contribution in [-0.2, 0) is 4.79 Å². The second-order valence-corrected chi connectivity index (χ2v) is 4.04. The number of rotatable bonds is 3. The van der Waals surface area contributed by atoms with Gasteiger partial charge in [-0.25, -0.2) is 0 Å². The van der Waals surface area contributed by atoms with E-state index >= 15 is 0 Å². The van der Waals surface area contributed by atoms with Crippen molar-refractivity contribution >= 4 is 23.2 Å². The third-order valence-electron chi connectivity index (χ3n) is 2.04. The van der Waals surface area contributed by atoms with Gasteiger partial charge in [0, 0.05) is 24.8 Å². The van der Waals surface area contributed by atoms with E-state index < -0.39 is 0 Å². The maximum Gasteiger partial charge on any atom is 0.244 e. The highest BCUT2D eigenvalue weighted by atomic mass is 35.5. The molecule has 0 aromatic heterocycles. The van der Waals surface area contributed by atoms with Gasteiger partial charge in [0.2, 0.25) is 5.91 Å². The van der Waals surface area contributed by atoms with Crippen LogP contribution in [0.4, 0.5) is 5.69 Å². The summed E-state index contributed by atoms with van der Waals surface area (Å²) in [7, 11) is 3.48. The number of amides is 1. The predicted molar refractivity (Wildman–Crippen MR) is 63.2 cm³/mol. The molecule has 0 heterocycles. The molecule has 1 N–H and O–H groups in total. The Kier molecular flexibility index (Phi) is 3.97. The van der Waals surface area contributed by atoms with Gasteiger partial charge < -0.3 is 10.2 Å². The summed E-state index contributed by atoms with van der Waals surface area (Å²) in [5, 5.41) is 3.79. The van der Waals surface area contributed by atoms with E-state index in [9.17, 15) is 4.79 Å². The first-order chi connectivity index (χ1) is 7.00. The molecule has 0 fully saturated rings. The molecular weight excluding hydrogens is 212 g/mol. The number of nitrogens with one attached hydrogen (secondary N) is 1. The molecule has 1 aromatic carbocycles. The summed E-state index contributed by atoms with van der Waals surface area (Å²) in [6.45, 7) is 1.83. The van der Waals surface area contributed by atoms with Crippen LogP contribution >= 0.6 is 11.6 Å². The number of likely N-dealkylation sites (N-methyl/N-ethyl adjacent to an activating group) is 1. The molecule has 0 radical (unpaired) electrons. The molecule has 0 spiro atoms. The number of anilines is 1. The molecule has 0 aliphatic rings. The summed E-state index contributed by atoms with van der Waals surface area (Å²) in [5.41, 5.74) is 0.891. The zero-order valence-electron chi connectivity index (χ0n) is 9.12. The first kappa shape index (κ1) is 11.9. The Balaban J connectivity index is 2.62. The first-order valence-corrected chi connectivity index (χ1v) is 5.12. The van der Waals surface area contributed by atoms with Gasteiger partial charge in [0.05, 0.1) is 0 Å². The fraction of sp³-hybridized carbons (Fsp3) is 0.364. The van der Waals surface area contributed by atoms with Crippen molar-refractivity contribution in [3.8, 4) is 0 Å². The number of carbonyl (C=O) groups excluding carboxylic acids is 1. The van der Waals surface area contributed by atoms with Crippen LogP contribution in [0.3, 0.4) is 0 Å². The Bertz CT molecular complexity index is 335. The minimum Gasteiger partial charge on any atom is -0.374 e. The highest BCUT2D eigenvalue weighted by Crippen LogP contribution is 2.14. The van der Waals surface area contributed by atoms with Crippen LogP contribution in [0.1, 0.15) is 6.92 Å². The van der Waals surface area contributed by atoms with Crippen LogP contribution in [0.5, 0.6) is 0 Å². The van der Waals surface area contributed by atoms with Gasteiger partial charge in [-0.2, -0.15) is 0 Å². The zero-order valence-corrected chi connectivity index (χ0v) is 9.88. The summed E-state index contributed by atoms with van der Waals surface area (Å²) >= 11 is 5.76. The Labute approximate surface area is 95.0 Å². The Hall–Kier alpha value is -1.22. The van der Waals surface area contributed by atoms with Crippen molar-refractivity contribution < 1.29 is 4.79 Å². The molecule has 0 aliphatic heterocycles. The second-order valence-electron chi connectivity index (χ2n) is 3.61. The topological polar surface area (TPSA) is 32.3 Å². The SMILES string of the molecule is CC(Nc1ccc(Cl)cc1)C(=O)N(C)C. The normalized spacial score (nSPS) is 12.0. The quantitative estimate of drug-likeness (QED) is 0.857. The number of nitrogens with zero attached hydrogens (tertiary/aromatic N) is 1. The molecule has 15 heavy (non-hydrogen) atoms. The molecule has 1 rings (SSSR count). The smallest absolute Gasteiger partial charge is 0.244 e. The highest BCUT2D eigenvalue weighted by molar-refractivity contribution is 6.30. The standard InChI is InChI=1S/C11H15ClN2O/c1-8(11(15)14(2)3)13-10-6-4-9(12)5-7-10/h4-8,13H,1-3H3. The molecule has 0 saturated heterocycles. The summed E-state index contributed by atoms with van der Waals surface area (Å²) in [6.07, 6.45) is 0. The summed E-state index contributed by atoms with van der Waals surface area (Å²) < 4.78 is 0. The first-order valence-electron chi connectivity index (χ1n) is 4.74. The van der Waals surface area contributed by atoms with E-state index in [4.69, 9.17) is 11.6 Å². The number of hydrogen-bond donors (Lipinski definition) is 1. The largest absolute Gasteiger partial charge is 0.374 e. The summed E-state index contributed by atoms with van der Waals surface area (Å²) in [4.78, 5) is 13.1. The Morgan fingerprint density at radius 1 is 1.33 bits per heavy atom. The molecule has 0 aliphatic carbocycles. The van der Waals surface area contributed by atoms with E-state index in [2.05, 4.69) is 5.32 Å². The number of hydrogen-bond acceptors (Lipinski definition) is 2. The van der Waals surface area contributed by atoms with Crippen molar-refractivity contribution in [3.05, 3.63) is 29.3 Å². The van der Waals surface area contributed by atoms with E-state index in [1.54, 1.807) is 31.1 Å². The van der Waals surface area contributed by atoms with E-state index in [0.717, 1.165) is 5.69 Å². The van der Waals surface area contributed by atoms with Crippen molar-refractivity contribution in [1.29, 1.82) is 0 Å². The van der Waals surface area contributed by atoms with Crippen LogP contribution in [0.15, 0.2) is 24.3 Å². The monoisotopic (exact) mass is 226 g/mol. The van der Waals surface area contributed by atoms with Gasteiger partial charge in [0.1, 0.15) is 6.04 Å². The predicted octanol–water partition coefficient (Wildman–Crippen LogP) is 2.23. The lowest BCUT2D eigenvalue weighted by atomic mass is 10.2. The molecule has 1 amide bonds. The van der Waals surface area contributed by atoms with Gasteiger partial charge in [-0.3, -0.25) is 4.79 Å². The fourth-order valence-electron chi connectivity index (χ4n) is 1.25. The lowest BCUT2D eigenvalue weighted by molar-refractivity contribution is -0.129. The lowest BCUT2D eigenvalue weighted by Gasteiger charge is -2.18. The number of carbonyl (C=O) groups is 1. The second kappa shape index (κ2) is 5.03. The highest BCUT2D eigenvalue weighted by Gasteiger charge is 2.13. The van der Waals surface area contributed by atoms with Crippen molar-refractivity contribution in [2.75, 3.05) is 19.4 Å². The van der Waals surface area contributed by atoms with E-state index in [0.29, 0.717) is 5.02 Å². The number of halogens is 1. The maximum absolute atomic E-state index is 11.6.